The molecule has 1 aromatic carbocycles. The van der Waals surface area contributed by atoms with E-state index in [0.29, 0.717) is 18.0 Å². The molecule has 4 N–H and O–H groups in total. The van der Waals surface area contributed by atoms with Crippen LogP contribution in [0.15, 0.2) is 24.3 Å². The normalized spacial score (nSPS) is 16.0. The molecule has 2 amide bonds. The first-order valence-corrected chi connectivity index (χ1v) is 7.98. The number of rotatable bonds is 7. The van der Waals surface area contributed by atoms with E-state index >= 15 is 0 Å². The van der Waals surface area contributed by atoms with Crippen LogP contribution in [0.25, 0.3) is 0 Å². The van der Waals surface area contributed by atoms with Crippen molar-refractivity contribution < 1.29 is 14.0 Å². The molecule has 0 aromatic heterocycles. The minimum Gasteiger partial charge on any atom is -0.353 e. The van der Waals surface area contributed by atoms with Crippen LogP contribution in [0.5, 0.6) is 0 Å². The fraction of sp³-hybridized carbons (Fsp3) is 0.529. The van der Waals surface area contributed by atoms with Crippen LogP contribution in [0.1, 0.15) is 37.0 Å². The molecule has 1 saturated carbocycles. The molecule has 2 unspecified atom stereocenters. The molecule has 1 fully saturated rings. The summed E-state index contributed by atoms with van der Waals surface area (Å²) in [5.41, 5.74) is 6.29. The number of halogens is 2. The summed E-state index contributed by atoms with van der Waals surface area (Å²) in [5.74, 6) is -0.621. The molecule has 7 heteroatoms. The van der Waals surface area contributed by atoms with E-state index < -0.39 is 17.8 Å². The van der Waals surface area contributed by atoms with Crippen LogP contribution in [-0.4, -0.2) is 30.4 Å². The van der Waals surface area contributed by atoms with Crippen LogP contribution in [0, 0.1) is 17.7 Å². The van der Waals surface area contributed by atoms with Crippen LogP contribution in [0.4, 0.5) is 4.39 Å². The number of carbonyl (C=O) groups excluding carboxylic acids is 2. The number of carbonyl (C=O) groups is 2. The zero-order valence-corrected chi connectivity index (χ0v) is 14.7. The lowest BCUT2D eigenvalue weighted by Crippen LogP contribution is -2.52. The maximum absolute atomic E-state index is 12.9. The van der Waals surface area contributed by atoms with Crippen LogP contribution in [0.2, 0.25) is 0 Å². The van der Waals surface area contributed by atoms with Gasteiger partial charge in [-0.2, -0.15) is 0 Å². The molecular weight excluding hydrogens is 333 g/mol. The number of hydrogen-bond donors (Lipinski definition) is 3. The van der Waals surface area contributed by atoms with Gasteiger partial charge in [0.2, 0.25) is 5.91 Å². The fourth-order valence-electron chi connectivity index (χ4n) is 2.38. The lowest BCUT2D eigenvalue weighted by atomic mass is 10.0. The zero-order chi connectivity index (χ0) is 17.0. The van der Waals surface area contributed by atoms with Crippen molar-refractivity contribution in [2.45, 2.75) is 38.8 Å². The van der Waals surface area contributed by atoms with Crippen LogP contribution < -0.4 is 16.4 Å². The molecule has 2 rings (SSSR count). The Bertz CT molecular complexity index is 561. The molecule has 0 bridgehead atoms. The highest BCUT2D eigenvalue weighted by Gasteiger charge is 2.30. The summed E-state index contributed by atoms with van der Waals surface area (Å²) in [6, 6.07) is 4.53. The maximum atomic E-state index is 12.9. The second kappa shape index (κ2) is 8.99. The van der Waals surface area contributed by atoms with Crippen molar-refractivity contribution in [1.82, 2.24) is 10.6 Å². The van der Waals surface area contributed by atoms with Crippen LogP contribution in [0.3, 0.4) is 0 Å². The second-order valence-corrected chi connectivity index (χ2v) is 6.45. The first-order valence-electron chi connectivity index (χ1n) is 7.98. The van der Waals surface area contributed by atoms with Gasteiger partial charge >= 0.3 is 0 Å². The summed E-state index contributed by atoms with van der Waals surface area (Å²) in [6.45, 7) is 4.13. The summed E-state index contributed by atoms with van der Waals surface area (Å²) < 4.78 is 12.9. The third-order valence-corrected chi connectivity index (χ3v) is 4.08. The van der Waals surface area contributed by atoms with E-state index in [9.17, 15) is 14.0 Å². The SMILES string of the molecule is CC(C)C(NC(=O)c1ccc(F)cc1)C(=O)NCC(N)C1CC1.Cl. The summed E-state index contributed by atoms with van der Waals surface area (Å²) in [7, 11) is 0. The van der Waals surface area contributed by atoms with Crippen molar-refractivity contribution in [2.75, 3.05) is 6.54 Å². The molecule has 1 aliphatic rings. The van der Waals surface area contributed by atoms with Crippen molar-refractivity contribution in [3.05, 3.63) is 35.6 Å². The van der Waals surface area contributed by atoms with E-state index in [4.69, 9.17) is 5.73 Å². The van der Waals surface area contributed by atoms with Gasteiger partial charge in [0.15, 0.2) is 0 Å². The van der Waals surface area contributed by atoms with Gasteiger partial charge in [-0.05, 0) is 48.9 Å². The topological polar surface area (TPSA) is 84.2 Å². The van der Waals surface area contributed by atoms with Crippen LogP contribution in [-0.2, 0) is 4.79 Å². The molecule has 5 nitrogen and oxygen atoms in total. The van der Waals surface area contributed by atoms with E-state index in [1.54, 1.807) is 0 Å². The molecule has 0 radical (unpaired) electrons. The molecule has 0 saturated heterocycles. The summed E-state index contributed by atoms with van der Waals surface area (Å²) in [5, 5.41) is 5.52. The average Bonchev–Trinajstić information content (AvgIpc) is 3.34. The predicted molar refractivity (Wildman–Crippen MR) is 93.4 cm³/mol. The monoisotopic (exact) mass is 357 g/mol. The lowest BCUT2D eigenvalue weighted by molar-refractivity contribution is -0.124. The highest BCUT2D eigenvalue weighted by molar-refractivity contribution is 5.97. The van der Waals surface area contributed by atoms with Gasteiger partial charge in [0.25, 0.3) is 5.91 Å². The molecule has 24 heavy (non-hydrogen) atoms. The highest BCUT2D eigenvalue weighted by atomic mass is 35.5. The van der Waals surface area contributed by atoms with Gasteiger partial charge in [-0.15, -0.1) is 12.4 Å². The molecule has 0 aliphatic heterocycles. The fourth-order valence-corrected chi connectivity index (χ4v) is 2.38. The molecule has 0 spiro atoms. The Balaban J connectivity index is 0.00000288. The summed E-state index contributed by atoms with van der Waals surface area (Å²) in [6.07, 6.45) is 2.23. The minimum absolute atomic E-state index is 0. The number of nitrogens with one attached hydrogen (secondary N) is 2. The third-order valence-electron chi connectivity index (χ3n) is 4.08. The standard InChI is InChI=1S/C17H24FN3O2.ClH/c1-10(2)15(17(23)20-9-14(19)11-3-4-11)21-16(22)12-5-7-13(18)8-6-12;/h5-8,10-11,14-15H,3-4,9,19H2,1-2H3,(H,20,23)(H,21,22);1H. The van der Waals surface area contributed by atoms with Gasteiger partial charge in [-0.3, -0.25) is 9.59 Å². The van der Waals surface area contributed by atoms with Crippen molar-refractivity contribution in [2.24, 2.45) is 17.6 Å². The summed E-state index contributed by atoms with van der Waals surface area (Å²) in [4.78, 5) is 24.5. The van der Waals surface area contributed by atoms with Crippen molar-refractivity contribution in [1.29, 1.82) is 0 Å². The van der Waals surface area contributed by atoms with Gasteiger partial charge in [0.05, 0.1) is 0 Å². The van der Waals surface area contributed by atoms with Gasteiger partial charge in [-0.25, -0.2) is 4.39 Å². The van der Waals surface area contributed by atoms with Gasteiger partial charge < -0.3 is 16.4 Å². The number of amides is 2. The van der Waals surface area contributed by atoms with E-state index in [1.807, 2.05) is 13.8 Å². The van der Waals surface area contributed by atoms with E-state index in [2.05, 4.69) is 10.6 Å². The molecule has 2 atom stereocenters. The molecule has 134 valence electrons. The van der Waals surface area contributed by atoms with Crippen molar-refractivity contribution in [3.8, 4) is 0 Å². The van der Waals surface area contributed by atoms with Gasteiger partial charge in [0, 0.05) is 18.2 Å². The first-order chi connectivity index (χ1) is 10.9. The predicted octanol–water partition coefficient (Wildman–Crippen LogP) is 1.86. The molecular formula is C17H25ClFN3O2. The average molecular weight is 358 g/mol. The molecule has 0 heterocycles. The van der Waals surface area contributed by atoms with Gasteiger partial charge in [0.1, 0.15) is 11.9 Å². The Kier molecular flexibility index (Phi) is 7.63. The quantitative estimate of drug-likeness (QED) is 0.696. The smallest absolute Gasteiger partial charge is 0.251 e. The number of nitrogens with two attached hydrogens (primary N) is 1. The number of benzene rings is 1. The van der Waals surface area contributed by atoms with E-state index in [1.165, 1.54) is 24.3 Å². The van der Waals surface area contributed by atoms with Crippen molar-refractivity contribution in [3.63, 3.8) is 0 Å². The Labute approximate surface area is 148 Å². The largest absolute Gasteiger partial charge is 0.353 e. The van der Waals surface area contributed by atoms with E-state index in [-0.39, 0.29) is 30.3 Å². The Hall–Kier alpha value is -1.66. The third kappa shape index (κ3) is 5.76. The molecule has 1 aromatic rings. The van der Waals surface area contributed by atoms with Crippen molar-refractivity contribution >= 4 is 24.2 Å². The minimum atomic E-state index is -0.654. The Morgan fingerprint density at radius 3 is 2.33 bits per heavy atom. The second-order valence-electron chi connectivity index (χ2n) is 6.45. The maximum Gasteiger partial charge on any atom is 0.251 e. The lowest BCUT2D eigenvalue weighted by Gasteiger charge is -2.23. The first kappa shape index (κ1) is 20.4. The highest BCUT2D eigenvalue weighted by Crippen LogP contribution is 2.31. The van der Waals surface area contributed by atoms with E-state index in [0.717, 1.165) is 12.8 Å². The van der Waals surface area contributed by atoms with Crippen LogP contribution >= 0.6 is 12.4 Å². The summed E-state index contributed by atoms with van der Waals surface area (Å²) >= 11 is 0. The van der Waals surface area contributed by atoms with Gasteiger partial charge in [-0.1, -0.05) is 13.8 Å². The zero-order valence-electron chi connectivity index (χ0n) is 13.9. The molecule has 1 aliphatic carbocycles. The number of hydrogen-bond acceptors (Lipinski definition) is 3. The Morgan fingerprint density at radius 1 is 1.25 bits per heavy atom. The Morgan fingerprint density at radius 2 is 1.83 bits per heavy atom.